The van der Waals surface area contributed by atoms with Crippen LogP contribution in [0.3, 0.4) is 0 Å². The quantitative estimate of drug-likeness (QED) is 0.466. The smallest absolute Gasteiger partial charge is 0.263 e. The van der Waals surface area contributed by atoms with Gasteiger partial charge < -0.3 is 13.9 Å². The highest BCUT2D eigenvalue weighted by Gasteiger charge is 2.24. The summed E-state index contributed by atoms with van der Waals surface area (Å²) in [5, 5.41) is 9.15. The fourth-order valence-corrected chi connectivity index (χ4v) is 4.36. The van der Waals surface area contributed by atoms with Gasteiger partial charge in [-0.25, -0.2) is 4.39 Å². The molecule has 170 valence electrons. The Bertz CT molecular complexity index is 1300. The molecule has 2 aromatic heterocycles. The summed E-state index contributed by atoms with van der Waals surface area (Å²) in [7, 11) is 0. The summed E-state index contributed by atoms with van der Waals surface area (Å²) in [5.74, 6) is 1.22. The lowest BCUT2D eigenvalue weighted by molar-refractivity contribution is 0.0763. The third kappa shape index (κ3) is 4.11. The zero-order valence-corrected chi connectivity index (χ0v) is 18.5. The number of benzene rings is 2. The molecule has 0 aliphatic carbocycles. The van der Waals surface area contributed by atoms with Crippen LogP contribution >= 0.6 is 0 Å². The molecule has 1 saturated heterocycles. The molecule has 0 atom stereocenters. The molecule has 0 bridgehead atoms. The molecule has 2 aromatic carbocycles. The Morgan fingerprint density at radius 1 is 1.00 bits per heavy atom. The van der Waals surface area contributed by atoms with Crippen LogP contribution in [0, 0.1) is 19.7 Å². The standard InChI is InChI=1S/C24H24FN5O3/c1-15-22(16(2)32-27-15)23-26-21(28-33-23)14-29-10-5-11-30(13-12-29)24(31)19-8-9-20(25)18-7-4-3-6-17(18)19/h3-4,6-9H,5,10-14H2,1-2H3. The number of hydrogen-bond donors (Lipinski definition) is 0. The number of nitrogens with zero attached hydrogens (tertiary/aromatic N) is 5. The van der Waals surface area contributed by atoms with Crippen molar-refractivity contribution in [1.29, 1.82) is 0 Å². The summed E-state index contributed by atoms with van der Waals surface area (Å²) in [6, 6.07) is 10.0. The van der Waals surface area contributed by atoms with Crippen LogP contribution in [0.4, 0.5) is 4.39 Å². The van der Waals surface area contributed by atoms with Gasteiger partial charge in [0.2, 0.25) is 0 Å². The van der Waals surface area contributed by atoms with E-state index in [1.165, 1.54) is 6.07 Å². The fourth-order valence-electron chi connectivity index (χ4n) is 4.36. The molecular formula is C24H24FN5O3. The number of carbonyl (C=O) groups is 1. The van der Waals surface area contributed by atoms with Gasteiger partial charge in [-0.15, -0.1) is 0 Å². The Kier molecular flexibility index (Phi) is 5.63. The molecule has 1 amide bonds. The molecule has 0 saturated carbocycles. The van der Waals surface area contributed by atoms with Crippen molar-refractivity contribution in [1.82, 2.24) is 25.1 Å². The van der Waals surface area contributed by atoms with E-state index >= 15 is 0 Å². The van der Waals surface area contributed by atoms with Gasteiger partial charge in [-0.05, 0) is 37.8 Å². The highest BCUT2D eigenvalue weighted by molar-refractivity contribution is 6.07. The zero-order valence-electron chi connectivity index (χ0n) is 18.5. The molecule has 9 heteroatoms. The number of amides is 1. The van der Waals surface area contributed by atoms with Gasteiger partial charge >= 0.3 is 0 Å². The number of carbonyl (C=O) groups excluding carboxylic acids is 1. The Morgan fingerprint density at radius 2 is 1.82 bits per heavy atom. The monoisotopic (exact) mass is 449 g/mol. The summed E-state index contributed by atoms with van der Waals surface area (Å²) in [5.41, 5.74) is 1.97. The van der Waals surface area contributed by atoms with Crippen molar-refractivity contribution in [3.8, 4) is 11.5 Å². The highest BCUT2D eigenvalue weighted by Crippen LogP contribution is 2.26. The van der Waals surface area contributed by atoms with Crippen LogP contribution in [0.1, 0.15) is 34.1 Å². The minimum Gasteiger partial charge on any atom is -0.361 e. The van der Waals surface area contributed by atoms with E-state index in [2.05, 4.69) is 20.2 Å². The van der Waals surface area contributed by atoms with Crippen molar-refractivity contribution in [2.45, 2.75) is 26.8 Å². The maximum absolute atomic E-state index is 14.2. The van der Waals surface area contributed by atoms with Crippen molar-refractivity contribution in [3.63, 3.8) is 0 Å². The van der Waals surface area contributed by atoms with Crippen LogP contribution in [0.15, 0.2) is 45.4 Å². The van der Waals surface area contributed by atoms with E-state index in [1.807, 2.05) is 24.8 Å². The molecule has 5 rings (SSSR count). The van der Waals surface area contributed by atoms with E-state index in [0.717, 1.165) is 18.5 Å². The van der Waals surface area contributed by atoms with E-state index in [0.29, 0.717) is 65.7 Å². The summed E-state index contributed by atoms with van der Waals surface area (Å²) in [6.07, 6.45) is 0.819. The van der Waals surface area contributed by atoms with Crippen LogP contribution in [-0.2, 0) is 6.54 Å². The summed E-state index contributed by atoms with van der Waals surface area (Å²) < 4.78 is 24.8. The maximum atomic E-state index is 14.2. The van der Waals surface area contributed by atoms with E-state index in [-0.39, 0.29) is 11.7 Å². The SMILES string of the molecule is Cc1noc(C)c1-c1nc(CN2CCCN(C(=O)c3ccc(F)c4ccccc34)CC2)no1. The van der Waals surface area contributed by atoms with Gasteiger partial charge in [0, 0.05) is 37.1 Å². The maximum Gasteiger partial charge on any atom is 0.263 e. The summed E-state index contributed by atoms with van der Waals surface area (Å²) >= 11 is 0. The van der Waals surface area contributed by atoms with Gasteiger partial charge in [0.05, 0.1) is 12.2 Å². The first-order valence-corrected chi connectivity index (χ1v) is 11.0. The van der Waals surface area contributed by atoms with Gasteiger partial charge in [0.15, 0.2) is 5.82 Å². The molecule has 1 aliphatic heterocycles. The average molecular weight is 449 g/mol. The van der Waals surface area contributed by atoms with Gasteiger partial charge in [-0.3, -0.25) is 9.69 Å². The Morgan fingerprint density at radius 3 is 2.61 bits per heavy atom. The van der Waals surface area contributed by atoms with Crippen LogP contribution in [0.2, 0.25) is 0 Å². The molecule has 4 aromatic rings. The second kappa shape index (κ2) is 8.74. The summed E-state index contributed by atoms with van der Waals surface area (Å²) in [4.78, 5) is 21.8. The van der Waals surface area contributed by atoms with E-state index in [4.69, 9.17) is 9.05 Å². The van der Waals surface area contributed by atoms with Crippen molar-refractivity contribution < 1.29 is 18.2 Å². The van der Waals surface area contributed by atoms with Crippen LogP contribution < -0.4 is 0 Å². The molecule has 0 N–H and O–H groups in total. The van der Waals surface area contributed by atoms with Crippen LogP contribution in [-0.4, -0.2) is 57.2 Å². The van der Waals surface area contributed by atoms with Crippen LogP contribution in [0.5, 0.6) is 0 Å². The number of rotatable bonds is 4. The molecule has 8 nitrogen and oxygen atoms in total. The lowest BCUT2D eigenvalue weighted by atomic mass is 10.0. The number of halogens is 1. The third-order valence-corrected chi connectivity index (χ3v) is 6.06. The number of hydrogen-bond acceptors (Lipinski definition) is 7. The predicted molar refractivity (Wildman–Crippen MR) is 119 cm³/mol. The van der Waals surface area contributed by atoms with E-state index in [1.54, 1.807) is 24.3 Å². The minimum atomic E-state index is -0.319. The summed E-state index contributed by atoms with van der Waals surface area (Å²) in [6.45, 7) is 6.86. The van der Waals surface area contributed by atoms with Crippen LogP contribution in [0.25, 0.3) is 22.2 Å². The molecule has 0 radical (unpaired) electrons. The Balaban J connectivity index is 1.27. The molecule has 1 aliphatic rings. The lowest BCUT2D eigenvalue weighted by Crippen LogP contribution is -2.35. The first-order chi connectivity index (χ1) is 16.0. The number of fused-ring (bicyclic) bond motifs is 1. The minimum absolute atomic E-state index is 0.0756. The third-order valence-electron chi connectivity index (χ3n) is 6.06. The molecule has 1 fully saturated rings. The average Bonchev–Trinajstić information content (AvgIpc) is 3.32. The molecule has 0 spiro atoms. The highest BCUT2D eigenvalue weighted by atomic mass is 19.1. The van der Waals surface area contributed by atoms with Gasteiger partial charge in [0.25, 0.3) is 11.8 Å². The zero-order chi connectivity index (χ0) is 22.9. The van der Waals surface area contributed by atoms with Gasteiger partial charge in [-0.2, -0.15) is 4.98 Å². The predicted octanol–water partition coefficient (Wildman–Crippen LogP) is 3.98. The molecule has 3 heterocycles. The number of aryl methyl sites for hydroxylation is 2. The van der Waals surface area contributed by atoms with Gasteiger partial charge in [0.1, 0.15) is 17.1 Å². The Labute approximate surface area is 190 Å². The molecular weight excluding hydrogens is 425 g/mol. The first kappa shape index (κ1) is 21.3. The normalized spacial score (nSPS) is 15.2. The van der Waals surface area contributed by atoms with Crippen molar-refractivity contribution in [2.75, 3.05) is 26.2 Å². The fraction of sp³-hybridized carbons (Fsp3) is 0.333. The first-order valence-electron chi connectivity index (χ1n) is 11.0. The largest absolute Gasteiger partial charge is 0.361 e. The van der Waals surface area contributed by atoms with Gasteiger partial charge in [-0.1, -0.05) is 34.6 Å². The second-order valence-electron chi connectivity index (χ2n) is 8.28. The topological polar surface area (TPSA) is 88.5 Å². The molecule has 0 unspecified atom stereocenters. The molecule has 33 heavy (non-hydrogen) atoms. The van der Waals surface area contributed by atoms with E-state index < -0.39 is 0 Å². The second-order valence-corrected chi connectivity index (χ2v) is 8.28. The van der Waals surface area contributed by atoms with Crippen molar-refractivity contribution in [2.24, 2.45) is 0 Å². The van der Waals surface area contributed by atoms with Crippen molar-refractivity contribution in [3.05, 3.63) is 65.1 Å². The van der Waals surface area contributed by atoms with Crippen molar-refractivity contribution >= 4 is 16.7 Å². The Hall–Kier alpha value is -3.59. The number of aromatic nitrogens is 3. The lowest BCUT2D eigenvalue weighted by Gasteiger charge is -2.22. The van der Waals surface area contributed by atoms with E-state index in [9.17, 15) is 9.18 Å².